The van der Waals surface area contributed by atoms with Gasteiger partial charge in [0.1, 0.15) is 0 Å². The average Bonchev–Trinajstić information content (AvgIpc) is 3.15. The minimum Gasteiger partial charge on any atom is -0.342 e. The van der Waals surface area contributed by atoms with Crippen molar-refractivity contribution in [2.24, 2.45) is 5.92 Å². The molecular weight excluding hydrogens is 475 g/mol. The van der Waals surface area contributed by atoms with Crippen molar-refractivity contribution in [2.75, 3.05) is 0 Å². The molecule has 0 bridgehead atoms. The molecule has 0 saturated heterocycles. The first-order valence-corrected chi connectivity index (χ1v) is 12.0. The van der Waals surface area contributed by atoms with Crippen LogP contribution in [0.3, 0.4) is 0 Å². The Bertz CT molecular complexity index is 1070. The quantitative estimate of drug-likeness (QED) is 0.353. The van der Waals surface area contributed by atoms with E-state index in [2.05, 4.69) is 15.5 Å². The smallest absolute Gasteiger partial charge is 0.253 e. The summed E-state index contributed by atoms with van der Waals surface area (Å²) < 4.78 is 2.03. The van der Waals surface area contributed by atoms with Gasteiger partial charge in [0.25, 0.3) is 5.91 Å². The Balaban J connectivity index is 1.81. The molecule has 0 spiro atoms. The first-order valence-electron chi connectivity index (χ1n) is 9.87. The summed E-state index contributed by atoms with van der Waals surface area (Å²) in [6.45, 7) is 6.78. The van der Waals surface area contributed by atoms with Gasteiger partial charge in [0.05, 0.1) is 26.7 Å². The number of hydrogen-bond acceptors (Lipinski definition) is 4. The lowest BCUT2D eigenvalue weighted by Gasteiger charge is -2.22. The number of amides is 1. The molecule has 3 rings (SSSR count). The van der Waals surface area contributed by atoms with Crippen molar-refractivity contribution in [3.63, 3.8) is 0 Å². The second-order valence-electron chi connectivity index (χ2n) is 7.30. The summed E-state index contributed by atoms with van der Waals surface area (Å²) in [5, 5.41) is 14.1. The van der Waals surface area contributed by atoms with Gasteiger partial charge in [-0.1, -0.05) is 78.6 Å². The molecule has 5 nitrogen and oxygen atoms in total. The van der Waals surface area contributed by atoms with Crippen molar-refractivity contribution in [2.45, 2.75) is 44.3 Å². The number of carbonyl (C=O) groups is 1. The van der Waals surface area contributed by atoms with E-state index < -0.39 is 0 Å². The van der Waals surface area contributed by atoms with Crippen LogP contribution < -0.4 is 5.32 Å². The Morgan fingerprint density at radius 2 is 1.81 bits per heavy atom. The van der Waals surface area contributed by atoms with Crippen LogP contribution in [-0.2, 0) is 12.3 Å². The number of rotatable bonds is 8. The highest BCUT2D eigenvalue weighted by atomic mass is 35.5. The van der Waals surface area contributed by atoms with E-state index in [9.17, 15) is 4.79 Å². The minimum atomic E-state index is -0.310. The number of halogens is 3. The molecule has 9 heteroatoms. The van der Waals surface area contributed by atoms with Crippen LogP contribution in [0.1, 0.15) is 48.6 Å². The normalized spacial score (nSPS) is 12.2. The van der Waals surface area contributed by atoms with Crippen LogP contribution >= 0.6 is 46.6 Å². The average molecular weight is 498 g/mol. The predicted octanol–water partition coefficient (Wildman–Crippen LogP) is 6.68. The molecule has 0 fully saturated rings. The summed E-state index contributed by atoms with van der Waals surface area (Å²) >= 11 is 19.9. The van der Waals surface area contributed by atoms with Crippen molar-refractivity contribution in [1.82, 2.24) is 20.1 Å². The zero-order valence-corrected chi connectivity index (χ0v) is 20.5. The van der Waals surface area contributed by atoms with Gasteiger partial charge >= 0.3 is 0 Å². The second-order valence-corrected chi connectivity index (χ2v) is 9.46. The van der Waals surface area contributed by atoms with E-state index in [4.69, 9.17) is 34.8 Å². The van der Waals surface area contributed by atoms with Gasteiger partial charge in [-0.2, -0.15) is 0 Å². The molecule has 1 N–H and O–H groups in total. The molecule has 1 aromatic heterocycles. The summed E-state index contributed by atoms with van der Waals surface area (Å²) in [6, 6.07) is 12.3. The van der Waals surface area contributed by atoms with Crippen LogP contribution in [0.15, 0.2) is 47.6 Å². The second kappa shape index (κ2) is 10.7. The monoisotopic (exact) mass is 496 g/mol. The zero-order valence-electron chi connectivity index (χ0n) is 17.4. The maximum atomic E-state index is 12.8. The largest absolute Gasteiger partial charge is 0.342 e. The van der Waals surface area contributed by atoms with E-state index in [0.717, 1.165) is 16.5 Å². The Morgan fingerprint density at radius 1 is 1.06 bits per heavy atom. The predicted molar refractivity (Wildman–Crippen MR) is 128 cm³/mol. The molecule has 0 aliphatic carbocycles. The number of thioether (sulfide) groups is 1. The highest BCUT2D eigenvalue weighted by Crippen LogP contribution is 2.30. The van der Waals surface area contributed by atoms with Gasteiger partial charge in [-0.05, 0) is 42.7 Å². The molecule has 0 aliphatic rings. The van der Waals surface area contributed by atoms with E-state index in [1.807, 2.05) is 37.5 Å². The van der Waals surface area contributed by atoms with Crippen molar-refractivity contribution < 1.29 is 4.79 Å². The first kappa shape index (κ1) is 23.9. The van der Waals surface area contributed by atoms with Crippen LogP contribution in [-0.4, -0.2) is 20.7 Å². The Labute approximate surface area is 201 Å². The van der Waals surface area contributed by atoms with Gasteiger partial charge in [0.15, 0.2) is 11.0 Å². The SMILES string of the molecule is CCn1c(SCc2ccc(Cl)c(Cl)c2)nnc1[C@H](NC(=O)c1ccccc1Cl)C(C)C. The first-order chi connectivity index (χ1) is 14.8. The summed E-state index contributed by atoms with van der Waals surface area (Å²) in [7, 11) is 0. The molecule has 3 aromatic rings. The molecule has 0 saturated carbocycles. The number of nitrogens with zero attached hydrogens (tertiary/aromatic N) is 3. The number of benzene rings is 2. The number of hydrogen-bond donors (Lipinski definition) is 1. The van der Waals surface area contributed by atoms with Crippen LogP contribution in [0.25, 0.3) is 0 Å². The molecule has 2 aromatic carbocycles. The fraction of sp³-hybridized carbons (Fsp3) is 0.318. The van der Waals surface area contributed by atoms with E-state index in [1.54, 1.807) is 42.1 Å². The number of aromatic nitrogens is 3. The van der Waals surface area contributed by atoms with Gasteiger partial charge < -0.3 is 9.88 Å². The summed E-state index contributed by atoms with van der Waals surface area (Å²) in [6.07, 6.45) is 0. The number of carbonyl (C=O) groups excluding carboxylic acids is 1. The van der Waals surface area contributed by atoms with Gasteiger partial charge in [0, 0.05) is 12.3 Å². The lowest BCUT2D eigenvalue weighted by atomic mass is 10.0. The highest BCUT2D eigenvalue weighted by Gasteiger charge is 2.26. The van der Waals surface area contributed by atoms with Crippen molar-refractivity contribution in [3.05, 3.63) is 74.5 Å². The van der Waals surface area contributed by atoms with E-state index in [-0.39, 0.29) is 17.9 Å². The van der Waals surface area contributed by atoms with Gasteiger partial charge in [0.2, 0.25) is 0 Å². The highest BCUT2D eigenvalue weighted by molar-refractivity contribution is 7.98. The van der Waals surface area contributed by atoms with Crippen molar-refractivity contribution in [3.8, 4) is 0 Å². The third kappa shape index (κ3) is 5.75. The van der Waals surface area contributed by atoms with Gasteiger partial charge in [-0.15, -0.1) is 10.2 Å². The summed E-state index contributed by atoms with van der Waals surface area (Å²) in [5.41, 5.74) is 1.48. The molecule has 0 radical (unpaired) electrons. The van der Waals surface area contributed by atoms with E-state index in [1.165, 1.54) is 0 Å². The third-order valence-electron chi connectivity index (χ3n) is 4.76. The maximum absolute atomic E-state index is 12.8. The molecule has 164 valence electrons. The molecule has 1 atom stereocenters. The Kier molecular flexibility index (Phi) is 8.28. The standard InChI is InChI=1S/C22H23Cl3N4OS/c1-4-29-20(19(13(2)3)26-21(30)15-7-5-6-8-16(15)23)27-28-22(29)31-12-14-9-10-17(24)18(25)11-14/h5-11,13,19H,4,12H2,1-3H3,(H,26,30)/t19-/m1/s1. The van der Waals surface area contributed by atoms with Crippen LogP contribution in [0.4, 0.5) is 0 Å². The third-order valence-corrected chi connectivity index (χ3v) is 6.87. The fourth-order valence-corrected chi connectivity index (χ4v) is 4.60. The lowest BCUT2D eigenvalue weighted by molar-refractivity contribution is 0.0922. The summed E-state index contributed by atoms with van der Waals surface area (Å²) in [5.74, 6) is 1.26. The maximum Gasteiger partial charge on any atom is 0.253 e. The Morgan fingerprint density at radius 3 is 2.45 bits per heavy atom. The Hall–Kier alpha value is -1.73. The zero-order chi connectivity index (χ0) is 22.5. The molecule has 1 amide bonds. The van der Waals surface area contributed by atoms with E-state index in [0.29, 0.717) is 32.9 Å². The van der Waals surface area contributed by atoms with Crippen LogP contribution in [0.2, 0.25) is 15.1 Å². The van der Waals surface area contributed by atoms with Crippen LogP contribution in [0, 0.1) is 5.92 Å². The molecule has 1 heterocycles. The van der Waals surface area contributed by atoms with E-state index >= 15 is 0 Å². The summed E-state index contributed by atoms with van der Waals surface area (Å²) in [4.78, 5) is 12.8. The lowest BCUT2D eigenvalue weighted by Crippen LogP contribution is -2.34. The number of nitrogens with one attached hydrogen (secondary N) is 1. The minimum absolute atomic E-state index is 0.105. The fourth-order valence-electron chi connectivity index (χ4n) is 3.11. The topological polar surface area (TPSA) is 59.8 Å². The molecule has 0 aliphatic heterocycles. The van der Waals surface area contributed by atoms with Crippen LogP contribution in [0.5, 0.6) is 0 Å². The molecule has 31 heavy (non-hydrogen) atoms. The van der Waals surface area contributed by atoms with Crippen molar-refractivity contribution in [1.29, 1.82) is 0 Å². The van der Waals surface area contributed by atoms with Gasteiger partial charge in [-0.3, -0.25) is 4.79 Å². The molecular formula is C22H23Cl3N4OS. The van der Waals surface area contributed by atoms with Crippen molar-refractivity contribution >= 4 is 52.5 Å². The molecule has 0 unspecified atom stereocenters. The van der Waals surface area contributed by atoms with Gasteiger partial charge in [-0.25, -0.2) is 0 Å².